The Morgan fingerprint density at radius 1 is 1.25 bits per heavy atom. The lowest BCUT2D eigenvalue weighted by Crippen LogP contribution is -2.52. The van der Waals surface area contributed by atoms with Crippen molar-refractivity contribution in [2.45, 2.75) is 83.2 Å². The van der Waals surface area contributed by atoms with E-state index in [2.05, 4.69) is 12.2 Å². The predicted octanol–water partition coefficient (Wildman–Crippen LogP) is 3.77. The number of nitrogens with one attached hydrogen (secondary N) is 1. The third-order valence-corrected chi connectivity index (χ3v) is 6.21. The zero-order valence-electron chi connectivity index (χ0n) is 15.3. The summed E-state index contributed by atoms with van der Waals surface area (Å²) in [4.78, 5) is 27.0. The van der Waals surface area contributed by atoms with Gasteiger partial charge in [-0.15, -0.1) is 11.8 Å². The molecule has 0 radical (unpaired) electrons. The average molecular weight is 357 g/mol. The Balaban J connectivity index is 2.08. The molecule has 1 aliphatic carbocycles. The molecule has 2 fully saturated rings. The molecule has 1 heterocycles. The Morgan fingerprint density at radius 3 is 2.58 bits per heavy atom. The van der Waals surface area contributed by atoms with Crippen LogP contribution in [0.3, 0.4) is 0 Å². The molecule has 24 heavy (non-hydrogen) atoms. The highest BCUT2D eigenvalue weighted by Gasteiger charge is 2.45. The SMILES string of the molecule is CCCCNC(=O)N1C(C(=O)OC(C)C)CSC1C1CCCCC1. The standard InChI is InChI=1S/C18H32N2O3S/c1-4-5-11-19-18(22)20-15(17(21)23-13(2)3)12-24-16(20)14-9-7-6-8-10-14/h13-16H,4-12H2,1-3H3,(H,19,22). The van der Waals surface area contributed by atoms with Crippen LogP contribution in [0.1, 0.15) is 65.7 Å². The van der Waals surface area contributed by atoms with Gasteiger partial charge in [0.2, 0.25) is 0 Å². The van der Waals surface area contributed by atoms with Gasteiger partial charge in [0.15, 0.2) is 0 Å². The predicted molar refractivity (Wildman–Crippen MR) is 98.0 cm³/mol. The van der Waals surface area contributed by atoms with Crippen molar-refractivity contribution < 1.29 is 14.3 Å². The van der Waals surface area contributed by atoms with E-state index in [1.165, 1.54) is 19.3 Å². The van der Waals surface area contributed by atoms with Crippen molar-refractivity contribution in [1.82, 2.24) is 10.2 Å². The van der Waals surface area contributed by atoms with Crippen molar-refractivity contribution in [2.24, 2.45) is 5.92 Å². The van der Waals surface area contributed by atoms with Crippen LogP contribution in [0, 0.1) is 5.92 Å². The summed E-state index contributed by atoms with van der Waals surface area (Å²) >= 11 is 1.75. The molecule has 2 amide bonds. The highest BCUT2D eigenvalue weighted by atomic mass is 32.2. The van der Waals surface area contributed by atoms with Crippen LogP contribution < -0.4 is 5.32 Å². The molecule has 2 rings (SSSR count). The molecule has 2 atom stereocenters. The summed E-state index contributed by atoms with van der Waals surface area (Å²) in [5, 5.41) is 3.11. The first-order chi connectivity index (χ1) is 11.5. The zero-order valence-corrected chi connectivity index (χ0v) is 16.1. The number of esters is 1. The summed E-state index contributed by atoms with van der Waals surface area (Å²) in [6, 6.07) is -0.555. The van der Waals surface area contributed by atoms with Crippen LogP contribution in [-0.4, -0.2) is 46.7 Å². The van der Waals surface area contributed by atoms with Crippen molar-refractivity contribution in [1.29, 1.82) is 0 Å². The number of carbonyl (C=O) groups excluding carboxylic acids is 2. The molecule has 0 spiro atoms. The van der Waals surface area contributed by atoms with Crippen LogP contribution >= 0.6 is 11.8 Å². The number of nitrogens with zero attached hydrogens (tertiary/aromatic N) is 1. The van der Waals surface area contributed by atoms with Gasteiger partial charge in [-0.25, -0.2) is 9.59 Å². The molecule has 6 heteroatoms. The Kier molecular flexibility index (Phi) is 7.72. The first-order valence-electron chi connectivity index (χ1n) is 9.42. The van der Waals surface area contributed by atoms with E-state index in [1.54, 1.807) is 16.7 Å². The van der Waals surface area contributed by atoms with Crippen LogP contribution in [0.25, 0.3) is 0 Å². The second kappa shape index (κ2) is 9.54. The monoisotopic (exact) mass is 356 g/mol. The van der Waals surface area contributed by atoms with E-state index in [0.717, 1.165) is 25.7 Å². The van der Waals surface area contributed by atoms with Crippen molar-refractivity contribution in [3.63, 3.8) is 0 Å². The lowest BCUT2D eigenvalue weighted by atomic mass is 9.88. The number of hydrogen-bond donors (Lipinski definition) is 1. The van der Waals surface area contributed by atoms with E-state index >= 15 is 0 Å². The van der Waals surface area contributed by atoms with Crippen LogP contribution in [0.15, 0.2) is 0 Å². The molecule has 1 aliphatic heterocycles. The molecule has 0 aromatic heterocycles. The van der Waals surface area contributed by atoms with Crippen LogP contribution in [0.4, 0.5) is 4.79 Å². The molecule has 0 aromatic rings. The second-order valence-corrected chi connectivity index (χ2v) is 8.27. The van der Waals surface area contributed by atoms with E-state index in [4.69, 9.17) is 4.74 Å². The largest absolute Gasteiger partial charge is 0.461 e. The van der Waals surface area contributed by atoms with E-state index in [0.29, 0.717) is 18.2 Å². The summed E-state index contributed by atoms with van der Waals surface area (Å²) in [5.74, 6) is 0.882. The maximum atomic E-state index is 12.8. The van der Waals surface area contributed by atoms with E-state index in [-0.39, 0.29) is 23.5 Å². The number of rotatable bonds is 6. The maximum Gasteiger partial charge on any atom is 0.330 e. The van der Waals surface area contributed by atoms with Crippen LogP contribution in [-0.2, 0) is 9.53 Å². The maximum absolute atomic E-state index is 12.8. The number of urea groups is 1. The van der Waals surface area contributed by atoms with Gasteiger partial charge in [0, 0.05) is 12.3 Å². The summed E-state index contributed by atoms with van der Waals surface area (Å²) in [6.45, 7) is 6.47. The highest BCUT2D eigenvalue weighted by Crippen LogP contribution is 2.40. The molecule has 138 valence electrons. The topological polar surface area (TPSA) is 58.6 Å². The van der Waals surface area contributed by atoms with Crippen molar-refractivity contribution in [2.75, 3.05) is 12.3 Å². The van der Waals surface area contributed by atoms with Gasteiger partial charge < -0.3 is 10.1 Å². The number of amides is 2. The zero-order chi connectivity index (χ0) is 17.5. The van der Waals surface area contributed by atoms with Crippen LogP contribution in [0.5, 0.6) is 0 Å². The first-order valence-corrected chi connectivity index (χ1v) is 10.5. The number of ether oxygens (including phenoxy) is 1. The third-order valence-electron chi connectivity index (χ3n) is 4.75. The minimum Gasteiger partial charge on any atom is -0.461 e. The fourth-order valence-corrected chi connectivity index (χ4v) is 5.15. The van der Waals surface area contributed by atoms with E-state index in [9.17, 15) is 9.59 Å². The Labute approximate surface area is 150 Å². The molecule has 2 aliphatic rings. The minimum atomic E-state index is -0.453. The van der Waals surface area contributed by atoms with Gasteiger partial charge in [0.25, 0.3) is 0 Å². The first kappa shape index (κ1) is 19.4. The van der Waals surface area contributed by atoms with Crippen molar-refractivity contribution >= 4 is 23.8 Å². The van der Waals surface area contributed by atoms with Crippen molar-refractivity contribution in [3.8, 4) is 0 Å². The lowest BCUT2D eigenvalue weighted by molar-refractivity contribution is -0.152. The number of hydrogen-bond acceptors (Lipinski definition) is 4. The fraction of sp³-hybridized carbons (Fsp3) is 0.889. The van der Waals surface area contributed by atoms with Gasteiger partial charge in [-0.05, 0) is 39.0 Å². The summed E-state index contributed by atoms with van der Waals surface area (Å²) in [5.41, 5.74) is 0. The third kappa shape index (κ3) is 5.04. The molecule has 0 bridgehead atoms. The Morgan fingerprint density at radius 2 is 1.96 bits per heavy atom. The van der Waals surface area contributed by atoms with Gasteiger partial charge in [0.05, 0.1) is 11.5 Å². The van der Waals surface area contributed by atoms with Crippen LogP contribution in [0.2, 0.25) is 0 Å². The van der Waals surface area contributed by atoms with E-state index < -0.39 is 6.04 Å². The van der Waals surface area contributed by atoms with Gasteiger partial charge in [-0.3, -0.25) is 4.90 Å². The lowest BCUT2D eigenvalue weighted by Gasteiger charge is -2.35. The molecule has 1 saturated heterocycles. The Hall–Kier alpha value is -0.910. The minimum absolute atomic E-state index is 0.102. The molecular weight excluding hydrogens is 324 g/mol. The van der Waals surface area contributed by atoms with E-state index in [1.807, 2.05) is 13.8 Å². The van der Waals surface area contributed by atoms with Crippen molar-refractivity contribution in [3.05, 3.63) is 0 Å². The molecule has 1 saturated carbocycles. The summed E-state index contributed by atoms with van der Waals surface area (Å²) in [7, 11) is 0. The van der Waals surface area contributed by atoms with Gasteiger partial charge in [-0.2, -0.15) is 0 Å². The average Bonchev–Trinajstić information content (AvgIpc) is 3.00. The van der Waals surface area contributed by atoms with Gasteiger partial charge in [-0.1, -0.05) is 32.6 Å². The number of unbranched alkanes of at least 4 members (excludes halogenated alkanes) is 1. The number of carbonyl (C=O) groups is 2. The quantitative estimate of drug-likeness (QED) is 0.581. The normalized spacial score (nSPS) is 25.1. The molecule has 2 unspecified atom stereocenters. The Bertz CT molecular complexity index is 424. The molecule has 5 nitrogen and oxygen atoms in total. The molecule has 1 N–H and O–H groups in total. The highest BCUT2D eigenvalue weighted by molar-refractivity contribution is 8.00. The smallest absolute Gasteiger partial charge is 0.330 e. The molecule has 0 aromatic carbocycles. The fourth-order valence-electron chi connectivity index (χ4n) is 3.52. The second-order valence-electron chi connectivity index (χ2n) is 7.12. The van der Waals surface area contributed by atoms with Gasteiger partial charge >= 0.3 is 12.0 Å². The number of thioether (sulfide) groups is 1. The summed E-state index contributed by atoms with van der Waals surface area (Å²) < 4.78 is 5.40. The molecular formula is C18H32N2O3S. The summed E-state index contributed by atoms with van der Waals surface area (Å²) in [6.07, 6.45) is 7.91. The van der Waals surface area contributed by atoms with Gasteiger partial charge in [0.1, 0.15) is 6.04 Å².